The molecule has 0 amide bonds. The van der Waals surface area contributed by atoms with E-state index in [-0.39, 0.29) is 5.84 Å². The highest BCUT2D eigenvalue weighted by atomic mass is 32.1. The number of nitrogens with two attached hydrogens (primary N) is 1. The predicted octanol–water partition coefficient (Wildman–Crippen LogP) is 1.10. The molecule has 0 spiro atoms. The highest BCUT2D eigenvalue weighted by Gasteiger charge is 2.08. The van der Waals surface area contributed by atoms with E-state index in [4.69, 9.17) is 10.9 Å². The quantitative estimate of drug-likeness (QED) is 0.331. The van der Waals surface area contributed by atoms with Gasteiger partial charge in [0, 0.05) is 11.6 Å². The average molecular weight is 228 g/mol. The van der Waals surface area contributed by atoms with Crippen LogP contribution in [0.3, 0.4) is 0 Å². The molecule has 0 aliphatic rings. The van der Waals surface area contributed by atoms with Crippen LogP contribution in [0.5, 0.6) is 0 Å². The third-order valence-corrected chi connectivity index (χ3v) is 2.66. The Bertz CT molecular complexity index is 299. The minimum Gasteiger partial charge on any atom is -0.409 e. The van der Waals surface area contributed by atoms with Gasteiger partial charge in [0.15, 0.2) is 5.84 Å². The lowest BCUT2D eigenvalue weighted by Gasteiger charge is -2.19. The number of oxime groups is 1. The number of hydrogen-bond acceptors (Lipinski definition) is 5. The van der Waals surface area contributed by atoms with Gasteiger partial charge in [0.1, 0.15) is 5.01 Å². The first-order chi connectivity index (χ1) is 7.26. The second-order valence-corrected chi connectivity index (χ2v) is 4.21. The van der Waals surface area contributed by atoms with Gasteiger partial charge >= 0.3 is 0 Å². The minimum atomic E-state index is 0.236. The van der Waals surface area contributed by atoms with Gasteiger partial charge in [-0.25, -0.2) is 4.98 Å². The minimum absolute atomic E-state index is 0.236. The summed E-state index contributed by atoms with van der Waals surface area (Å²) in [4.78, 5) is 6.31. The molecule has 1 rings (SSSR count). The van der Waals surface area contributed by atoms with Crippen molar-refractivity contribution < 1.29 is 5.21 Å². The van der Waals surface area contributed by atoms with Crippen LogP contribution in [0.25, 0.3) is 0 Å². The Labute approximate surface area is 93.2 Å². The van der Waals surface area contributed by atoms with Crippen LogP contribution < -0.4 is 5.73 Å². The first-order valence-electron chi connectivity index (χ1n) is 4.83. The molecule has 3 N–H and O–H groups in total. The smallest absolute Gasteiger partial charge is 0.153 e. The van der Waals surface area contributed by atoms with E-state index in [9.17, 15) is 0 Å². The molecule has 1 aromatic rings. The summed E-state index contributed by atoms with van der Waals surface area (Å²) in [6.07, 6.45) is 2.82. The molecular weight excluding hydrogens is 212 g/mol. The van der Waals surface area contributed by atoms with Crippen molar-refractivity contribution in [3.05, 3.63) is 16.6 Å². The predicted molar refractivity (Wildman–Crippen MR) is 61.1 cm³/mol. The SMILES string of the molecule is CCCN(CC(N)=NO)Cc1nccs1. The van der Waals surface area contributed by atoms with Gasteiger partial charge in [-0.05, 0) is 13.0 Å². The second kappa shape index (κ2) is 6.36. The fourth-order valence-corrected chi connectivity index (χ4v) is 1.97. The maximum absolute atomic E-state index is 8.50. The van der Waals surface area contributed by atoms with Crippen LogP contribution in [0, 0.1) is 0 Å². The van der Waals surface area contributed by atoms with Crippen molar-refractivity contribution in [3.8, 4) is 0 Å². The summed E-state index contributed by atoms with van der Waals surface area (Å²) in [6, 6.07) is 0. The third kappa shape index (κ3) is 4.26. The van der Waals surface area contributed by atoms with E-state index in [1.54, 1.807) is 17.5 Å². The molecule has 15 heavy (non-hydrogen) atoms. The Morgan fingerprint density at radius 3 is 3.07 bits per heavy atom. The molecule has 0 saturated carbocycles. The van der Waals surface area contributed by atoms with E-state index in [0.29, 0.717) is 6.54 Å². The van der Waals surface area contributed by atoms with Crippen LogP contribution in [0.15, 0.2) is 16.7 Å². The summed E-state index contributed by atoms with van der Waals surface area (Å²) in [5.41, 5.74) is 5.47. The summed E-state index contributed by atoms with van der Waals surface area (Å²) in [5, 5.41) is 14.5. The van der Waals surface area contributed by atoms with Crippen LogP contribution in [-0.4, -0.2) is 34.0 Å². The molecule has 0 atom stereocenters. The van der Waals surface area contributed by atoms with E-state index < -0.39 is 0 Å². The highest BCUT2D eigenvalue weighted by Crippen LogP contribution is 2.08. The van der Waals surface area contributed by atoms with Crippen LogP contribution in [-0.2, 0) is 6.54 Å². The van der Waals surface area contributed by atoms with Gasteiger partial charge < -0.3 is 10.9 Å². The Morgan fingerprint density at radius 1 is 1.73 bits per heavy atom. The van der Waals surface area contributed by atoms with E-state index in [0.717, 1.165) is 24.5 Å². The third-order valence-electron chi connectivity index (χ3n) is 1.90. The molecular formula is C9H16N4OS. The Hall–Kier alpha value is -1.14. The van der Waals surface area contributed by atoms with Crippen molar-refractivity contribution in [2.75, 3.05) is 13.1 Å². The summed E-state index contributed by atoms with van der Waals surface area (Å²) in [5.74, 6) is 0.236. The Morgan fingerprint density at radius 2 is 2.53 bits per heavy atom. The number of rotatable bonds is 6. The van der Waals surface area contributed by atoms with Gasteiger partial charge in [0.25, 0.3) is 0 Å². The topological polar surface area (TPSA) is 74.7 Å². The van der Waals surface area contributed by atoms with Crippen molar-refractivity contribution in [2.45, 2.75) is 19.9 Å². The van der Waals surface area contributed by atoms with Crippen molar-refractivity contribution in [3.63, 3.8) is 0 Å². The molecule has 1 aromatic heterocycles. The van der Waals surface area contributed by atoms with E-state index in [1.165, 1.54) is 0 Å². The number of hydrogen-bond donors (Lipinski definition) is 2. The van der Waals surface area contributed by atoms with Gasteiger partial charge in [0.05, 0.1) is 13.1 Å². The highest BCUT2D eigenvalue weighted by molar-refractivity contribution is 7.09. The van der Waals surface area contributed by atoms with Crippen LogP contribution >= 0.6 is 11.3 Å². The summed E-state index contributed by atoms with van der Waals surface area (Å²) >= 11 is 1.62. The van der Waals surface area contributed by atoms with Crippen LogP contribution in [0.2, 0.25) is 0 Å². The molecule has 0 unspecified atom stereocenters. The fourth-order valence-electron chi connectivity index (χ4n) is 1.31. The standard InChI is InChI=1S/C9H16N4OS/c1-2-4-13(6-8(10)12-14)7-9-11-3-5-15-9/h3,5,14H,2,4,6-7H2,1H3,(H2,10,12). The van der Waals surface area contributed by atoms with Crippen molar-refractivity contribution >= 4 is 17.2 Å². The zero-order valence-electron chi connectivity index (χ0n) is 8.76. The van der Waals surface area contributed by atoms with Crippen LogP contribution in [0.4, 0.5) is 0 Å². The van der Waals surface area contributed by atoms with Gasteiger partial charge in [-0.2, -0.15) is 0 Å². The van der Waals surface area contributed by atoms with Gasteiger partial charge in [-0.1, -0.05) is 12.1 Å². The molecule has 0 bridgehead atoms. The lowest BCUT2D eigenvalue weighted by atomic mass is 10.4. The van der Waals surface area contributed by atoms with Crippen molar-refractivity contribution in [1.82, 2.24) is 9.88 Å². The van der Waals surface area contributed by atoms with E-state index in [2.05, 4.69) is 22.0 Å². The van der Waals surface area contributed by atoms with E-state index >= 15 is 0 Å². The van der Waals surface area contributed by atoms with Gasteiger partial charge in [-0.3, -0.25) is 4.90 Å². The number of aromatic nitrogens is 1. The molecule has 6 heteroatoms. The monoisotopic (exact) mass is 228 g/mol. The maximum atomic E-state index is 8.50. The largest absolute Gasteiger partial charge is 0.409 e. The first kappa shape index (κ1) is 11.9. The fraction of sp³-hybridized carbons (Fsp3) is 0.556. The first-order valence-corrected chi connectivity index (χ1v) is 5.71. The number of thiazole rings is 1. The van der Waals surface area contributed by atoms with E-state index in [1.807, 2.05) is 5.38 Å². The Kier molecular flexibility index (Phi) is 5.06. The molecule has 84 valence electrons. The number of nitrogens with zero attached hydrogens (tertiary/aromatic N) is 3. The Balaban J connectivity index is 2.50. The van der Waals surface area contributed by atoms with Crippen molar-refractivity contribution in [1.29, 1.82) is 0 Å². The summed E-state index contributed by atoms with van der Waals surface area (Å²) in [6.45, 7) is 4.24. The van der Waals surface area contributed by atoms with Gasteiger partial charge in [0.2, 0.25) is 0 Å². The molecule has 0 radical (unpaired) electrons. The molecule has 0 saturated heterocycles. The lowest BCUT2D eigenvalue weighted by Crippen LogP contribution is -2.34. The molecule has 0 fully saturated rings. The maximum Gasteiger partial charge on any atom is 0.153 e. The summed E-state index contributed by atoms with van der Waals surface area (Å²) < 4.78 is 0. The molecule has 5 nitrogen and oxygen atoms in total. The second-order valence-electron chi connectivity index (χ2n) is 3.23. The average Bonchev–Trinajstić information content (AvgIpc) is 2.70. The zero-order valence-corrected chi connectivity index (χ0v) is 9.57. The molecule has 0 aliphatic heterocycles. The van der Waals surface area contributed by atoms with Gasteiger partial charge in [-0.15, -0.1) is 11.3 Å². The summed E-state index contributed by atoms with van der Waals surface area (Å²) in [7, 11) is 0. The van der Waals surface area contributed by atoms with Crippen molar-refractivity contribution in [2.24, 2.45) is 10.9 Å². The van der Waals surface area contributed by atoms with Crippen LogP contribution in [0.1, 0.15) is 18.4 Å². The number of amidine groups is 1. The lowest BCUT2D eigenvalue weighted by molar-refractivity contribution is 0.285. The molecule has 1 heterocycles. The molecule has 0 aromatic carbocycles. The normalized spacial score (nSPS) is 12.3. The molecule has 0 aliphatic carbocycles. The zero-order chi connectivity index (χ0) is 11.1.